The second-order valence-corrected chi connectivity index (χ2v) is 9.31. The molecule has 1 aromatic heterocycles. The van der Waals surface area contributed by atoms with Crippen molar-refractivity contribution >= 4 is 6.09 Å². The molecule has 0 radical (unpaired) electrons. The van der Waals surface area contributed by atoms with E-state index in [9.17, 15) is 4.79 Å². The number of pyridine rings is 1. The van der Waals surface area contributed by atoms with E-state index in [1.165, 1.54) is 0 Å². The molecule has 31 heavy (non-hydrogen) atoms. The Kier molecular flexibility index (Phi) is 6.72. The quantitative estimate of drug-likeness (QED) is 0.664. The first-order chi connectivity index (χ1) is 14.5. The molecule has 1 aliphatic rings. The smallest absolute Gasteiger partial charge is 0.407 e. The minimum absolute atomic E-state index is 0.0905. The van der Waals surface area contributed by atoms with Gasteiger partial charge in [0, 0.05) is 23.0 Å². The van der Waals surface area contributed by atoms with Crippen LogP contribution in [0.3, 0.4) is 0 Å². The number of carbonyl (C=O) groups is 1. The molecule has 6 nitrogen and oxygen atoms in total. The van der Waals surface area contributed by atoms with Gasteiger partial charge in [0.2, 0.25) is 5.82 Å². The molecule has 1 amide bonds. The molecule has 1 aliphatic heterocycles. The maximum absolute atomic E-state index is 15.2. The fourth-order valence-corrected chi connectivity index (χ4v) is 3.51. The number of nitrogens with one attached hydrogen (secondary N) is 1. The van der Waals surface area contributed by atoms with Gasteiger partial charge in [-0.3, -0.25) is 4.98 Å². The average molecular weight is 431 g/mol. The summed E-state index contributed by atoms with van der Waals surface area (Å²) in [4.78, 5) is 16.5. The molecule has 1 atom stereocenters. The van der Waals surface area contributed by atoms with E-state index in [1.54, 1.807) is 39.1 Å². The highest BCUT2D eigenvalue weighted by Crippen LogP contribution is 2.42. The van der Waals surface area contributed by atoms with Crippen molar-refractivity contribution in [2.24, 2.45) is 5.92 Å². The van der Waals surface area contributed by atoms with E-state index in [2.05, 4.69) is 10.3 Å². The molecular weight excluding hydrogens is 399 g/mol. The molecule has 2 aromatic rings. The number of nitrogens with zero attached hydrogens (tertiary/aromatic N) is 1. The molecule has 0 aliphatic carbocycles. The number of aromatic nitrogens is 1. The standard InChI is InChI=1S/C24H31FN2O4/c1-14(2)9-17(27-23(28)31-24(4,5)6)13-29-20-8-7-18-19-10-15(3)26-11-16(19)12-30-22(18)21(20)25/h7-8,10-11,14,17H,9,12-13H2,1-6H3,(H,27,28)/t17-/m0/s1. The van der Waals surface area contributed by atoms with E-state index in [1.807, 2.05) is 26.8 Å². The first kappa shape index (κ1) is 22.8. The van der Waals surface area contributed by atoms with Crippen LogP contribution in [0.25, 0.3) is 11.1 Å². The number of hydrogen-bond acceptors (Lipinski definition) is 5. The van der Waals surface area contributed by atoms with E-state index in [0.29, 0.717) is 17.9 Å². The van der Waals surface area contributed by atoms with Gasteiger partial charge in [-0.25, -0.2) is 4.79 Å². The lowest BCUT2D eigenvalue weighted by Crippen LogP contribution is -2.42. The minimum atomic E-state index is -0.598. The number of aryl methyl sites for hydroxylation is 1. The summed E-state index contributed by atoms with van der Waals surface area (Å²) in [6.07, 6.45) is 1.91. The van der Waals surface area contributed by atoms with Gasteiger partial charge in [-0.15, -0.1) is 0 Å². The first-order valence-electron chi connectivity index (χ1n) is 10.6. The zero-order valence-electron chi connectivity index (χ0n) is 19.0. The Morgan fingerprint density at radius 2 is 2.03 bits per heavy atom. The van der Waals surface area contributed by atoms with Crippen LogP contribution >= 0.6 is 0 Å². The molecular formula is C24H31FN2O4. The highest BCUT2D eigenvalue weighted by atomic mass is 19.1. The number of alkyl carbamates (subject to hydrolysis) is 1. The molecule has 3 rings (SSSR count). The lowest BCUT2D eigenvalue weighted by Gasteiger charge is -2.25. The third-order valence-corrected chi connectivity index (χ3v) is 4.76. The van der Waals surface area contributed by atoms with Gasteiger partial charge in [0.1, 0.15) is 18.8 Å². The normalized spacial score (nSPS) is 13.7. The van der Waals surface area contributed by atoms with Gasteiger partial charge < -0.3 is 19.5 Å². The lowest BCUT2D eigenvalue weighted by atomic mass is 9.97. The van der Waals surface area contributed by atoms with Crippen LogP contribution in [0.5, 0.6) is 11.5 Å². The van der Waals surface area contributed by atoms with Crippen LogP contribution in [-0.2, 0) is 11.3 Å². The van der Waals surface area contributed by atoms with E-state index in [0.717, 1.165) is 16.8 Å². The Bertz CT molecular complexity index is 953. The van der Waals surface area contributed by atoms with Gasteiger partial charge in [0.25, 0.3) is 0 Å². The number of ether oxygens (including phenoxy) is 3. The van der Waals surface area contributed by atoms with Crippen LogP contribution in [0.4, 0.5) is 9.18 Å². The van der Waals surface area contributed by atoms with Gasteiger partial charge >= 0.3 is 6.09 Å². The fraction of sp³-hybridized carbons (Fsp3) is 0.500. The Balaban J connectivity index is 1.75. The maximum atomic E-state index is 15.2. The number of halogens is 1. The summed E-state index contributed by atoms with van der Waals surface area (Å²) in [6, 6.07) is 5.01. The number of amides is 1. The Labute approximate surface area is 183 Å². The third-order valence-electron chi connectivity index (χ3n) is 4.76. The van der Waals surface area contributed by atoms with Crippen molar-refractivity contribution in [3.05, 3.63) is 41.5 Å². The first-order valence-corrected chi connectivity index (χ1v) is 10.6. The van der Waals surface area contributed by atoms with E-state index >= 15 is 4.39 Å². The van der Waals surface area contributed by atoms with Gasteiger partial charge in [0.15, 0.2) is 11.5 Å². The Morgan fingerprint density at radius 3 is 2.71 bits per heavy atom. The van der Waals surface area contributed by atoms with Crippen molar-refractivity contribution < 1.29 is 23.4 Å². The Morgan fingerprint density at radius 1 is 1.29 bits per heavy atom. The third kappa shape index (κ3) is 5.87. The van der Waals surface area contributed by atoms with Crippen LogP contribution in [0.15, 0.2) is 24.4 Å². The number of carbonyl (C=O) groups excluding carboxylic acids is 1. The van der Waals surface area contributed by atoms with E-state index < -0.39 is 17.5 Å². The summed E-state index contributed by atoms with van der Waals surface area (Å²) in [5.74, 6) is 0.0376. The minimum Gasteiger partial charge on any atom is -0.488 e. The molecule has 1 N–H and O–H groups in total. The van der Waals surface area contributed by atoms with Gasteiger partial charge in [0.05, 0.1) is 6.04 Å². The predicted octanol–water partition coefficient (Wildman–Crippen LogP) is 5.41. The fourth-order valence-electron chi connectivity index (χ4n) is 3.51. The van der Waals surface area contributed by atoms with Crippen LogP contribution in [-0.4, -0.2) is 29.3 Å². The molecule has 0 bridgehead atoms. The monoisotopic (exact) mass is 430 g/mol. The molecule has 2 heterocycles. The molecule has 0 fully saturated rings. The summed E-state index contributed by atoms with van der Waals surface area (Å²) < 4.78 is 31.9. The van der Waals surface area contributed by atoms with Crippen molar-refractivity contribution in [3.8, 4) is 22.6 Å². The molecule has 1 aromatic carbocycles. The summed E-state index contributed by atoms with van der Waals surface area (Å²) in [7, 11) is 0. The number of hydrogen-bond donors (Lipinski definition) is 1. The highest BCUT2D eigenvalue weighted by molar-refractivity contribution is 5.76. The van der Waals surface area contributed by atoms with E-state index in [4.69, 9.17) is 14.2 Å². The molecule has 0 saturated heterocycles. The summed E-state index contributed by atoms with van der Waals surface area (Å²) in [6.45, 7) is 11.8. The number of rotatable bonds is 6. The van der Waals surface area contributed by atoms with Crippen molar-refractivity contribution in [2.75, 3.05) is 6.61 Å². The van der Waals surface area contributed by atoms with E-state index in [-0.39, 0.29) is 30.8 Å². The van der Waals surface area contributed by atoms with Crippen molar-refractivity contribution in [1.82, 2.24) is 10.3 Å². The van der Waals surface area contributed by atoms with Crippen molar-refractivity contribution in [3.63, 3.8) is 0 Å². The van der Waals surface area contributed by atoms with Crippen LogP contribution < -0.4 is 14.8 Å². The molecule has 0 unspecified atom stereocenters. The van der Waals surface area contributed by atoms with Crippen LogP contribution in [0.1, 0.15) is 52.3 Å². The largest absolute Gasteiger partial charge is 0.488 e. The highest BCUT2D eigenvalue weighted by Gasteiger charge is 2.25. The zero-order valence-corrected chi connectivity index (χ0v) is 19.0. The molecule has 0 saturated carbocycles. The number of benzene rings is 1. The summed E-state index contributed by atoms with van der Waals surface area (Å²) >= 11 is 0. The van der Waals surface area contributed by atoms with Crippen LogP contribution in [0, 0.1) is 18.7 Å². The molecule has 168 valence electrons. The second kappa shape index (κ2) is 9.12. The van der Waals surface area contributed by atoms with Crippen molar-refractivity contribution in [2.45, 2.75) is 66.2 Å². The SMILES string of the molecule is Cc1cc2c(cn1)COc1c-2ccc(OC[C@H](CC(C)C)NC(=O)OC(C)(C)C)c1F. The van der Waals surface area contributed by atoms with Crippen LogP contribution in [0.2, 0.25) is 0 Å². The van der Waals surface area contributed by atoms with Gasteiger partial charge in [-0.1, -0.05) is 13.8 Å². The summed E-state index contributed by atoms with van der Waals surface area (Å²) in [5, 5.41) is 2.83. The molecule has 0 spiro atoms. The summed E-state index contributed by atoms with van der Waals surface area (Å²) in [5.41, 5.74) is 2.78. The predicted molar refractivity (Wildman–Crippen MR) is 117 cm³/mol. The maximum Gasteiger partial charge on any atom is 0.407 e. The Hall–Kier alpha value is -2.83. The number of fused-ring (bicyclic) bond motifs is 3. The lowest BCUT2D eigenvalue weighted by molar-refractivity contribution is 0.0479. The second-order valence-electron chi connectivity index (χ2n) is 9.31. The van der Waals surface area contributed by atoms with Crippen molar-refractivity contribution in [1.29, 1.82) is 0 Å². The zero-order chi connectivity index (χ0) is 22.8. The molecule has 7 heteroatoms. The van der Waals surface area contributed by atoms with Gasteiger partial charge in [-0.05, 0) is 63.8 Å². The van der Waals surface area contributed by atoms with Gasteiger partial charge in [-0.2, -0.15) is 4.39 Å². The topological polar surface area (TPSA) is 69.7 Å². The average Bonchev–Trinajstić information content (AvgIpc) is 2.65.